The Kier molecular flexibility index (Phi) is 6.39. The zero-order valence-corrected chi connectivity index (χ0v) is 27.4. The molecule has 1 aliphatic heterocycles. The Balaban J connectivity index is 1.02. The number of rotatable bonds is 5. The van der Waals surface area contributed by atoms with Gasteiger partial charge in [-0.2, -0.15) is 0 Å². The van der Waals surface area contributed by atoms with Gasteiger partial charge >= 0.3 is 0 Å². The van der Waals surface area contributed by atoms with Crippen molar-refractivity contribution in [3.63, 3.8) is 0 Å². The van der Waals surface area contributed by atoms with Crippen LogP contribution in [0.4, 0.5) is 17.1 Å². The van der Waals surface area contributed by atoms with Gasteiger partial charge in [-0.1, -0.05) is 84.9 Å². The molecule has 238 valence electrons. The van der Waals surface area contributed by atoms with E-state index in [-0.39, 0.29) is 0 Å². The van der Waals surface area contributed by atoms with Crippen LogP contribution in [0.25, 0.3) is 61.0 Å². The van der Waals surface area contributed by atoms with Gasteiger partial charge < -0.3 is 14.1 Å². The summed E-state index contributed by atoms with van der Waals surface area (Å²) >= 11 is 0. The molecule has 10 rings (SSSR count). The standard InChI is InChI=1S/C45H31N3O2/c1-29-26-32-27-31(44-46-38-28-35(22-25-42(38)49-44)47(33-13-4-2-5-14-33)34-15-6-3-7-16-34)21-24-41(32)50-45(29)48-39-19-11-10-18-37(39)43-36-17-9-8-12-30(36)20-23-40(43)48/h2-25,27-28H,26H2,1H3. The van der Waals surface area contributed by atoms with E-state index in [0.717, 1.165) is 73.9 Å². The van der Waals surface area contributed by atoms with Gasteiger partial charge in [-0.25, -0.2) is 4.98 Å². The predicted molar refractivity (Wildman–Crippen MR) is 204 cm³/mol. The number of oxazole rings is 1. The van der Waals surface area contributed by atoms with Gasteiger partial charge in [-0.05, 0) is 102 Å². The molecule has 9 aromatic rings. The number of allylic oxidation sites excluding steroid dienone is 1. The molecule has 3 heterocycles. The lowest BCUT2D eigenvalue weighted by Gasteiger charge is -2.25. The molecule has 0 fully saturated rings. The molecule has 1 aliphatic rings. The number of anilines is 3. The Hall–Kier alpha value is -6.59. The molecule has 0 bridgehead atoms. The van der Waals surface area contributed by atoms with Crippen LogP contribution in [0.3, 0.4) is 0 Å². The summed E-state index contributed by atoms with van der Waals surface area (Å²) in [6.45, 7) is 2.17. The highest BCUT2D eigenvalue weighted by Crippen LogP contribution is 2.42. The van der Waals surface area contributed by atoms with Gasteiger partial charge in [0.1, 0.15) is 11.3 Å². The van der Waals surface area contributed by atoms with E-state index >= 15 is 0 Å². The first-order valence-electron chi connectivity index (χ1n) is 16.9. The molecule has 0 amide bonds. The number of ether oxygens (including phenoxy) is 1. The van der Waals surface area contributed by atoms with E-state index < -0.39 is 0 Å². The highest BCUT2D eigenvalue weighted by molar-refractivity contribution is 6.21. The second-order valence-electron chi connectivity index (χ2n) is 12.9. The molecule has 2 aromatic heterocycles. The quantitative estimate of drug-likeness (QED) is 0.187. The fourth-order valence-corrected chi connectivity index (χ4v) is 7.48. The summed E-state index contributed by atoms with van der Waals surface area (Å²) in [5.41, 5.74) is 10.2. The number of benzene rings is 7. The minimum Gasteiger partial charge on any atom is -0.440 e. The van der Waals surface area contributed by atoms with Crippen LogP contribution in [0.1, 0.15) is 12.5 Å². The smallest absolute Gasteiger partial charge is 0.227 e. The molecule has 50 heavy (non-hydrogen) atoms. The lowest BCUT2D eigenvalue weighted by molar-refractivity contribution is 0.462. The topological polar surface area (TPSA) is 43.4 Å². The van der Waals surface area contributed by atoms with Crippen molar-refractivity contribution in [2.75, 3.05) is 4.90 Å². The van der Waals surface area contributed by atoms with Crippen LogP contribution in [-0.2, 0) is 6.42 Å². The van der Waals surface area contributed by atoms with E-state index in [1.807, 2.05) is 30.3 Å². The third-order valence-corrected chi connectivity index (χ3v) is 9.76. The van der Waals surface area contributed by atoms with Crippen LogP contribution in [0, 0.1) is 0 Å². The van der Waals surface area contributed by atoms with E-state index in [9.17, 15) is 0 Å². The second kappa shape index (κ2) is 11.2. The molecule has 7 aromatic carbocycles. The van der Waals surface area contributed by atoms with E-state index in [1.54, 1.807) is 0 Å². The van der Waals surface area contributed by atoms with Crippen LogP contribution in [0.2, 0.25) is 0 Å². The Labute approximate surface area is 288 Å². The van der Waals surface area contributed by atoms with E-state index in [4.69, 9.17) is 14.1 Å². The van der Waals surface area contributed by atoms with Gasteiger partial charge in [0.15, 0.2) is 5.58 Å². The summed E-state index contributed by atoms with van der Waals surface area (Å²) in [5, 5.41) is 4.95. The second-order valence-corrected chi connectivity index (χ2v) is 12.9. The summed E-state index contributed by atoms with van der Waals surface area (Å²) in [7, 11) is 0. The van der Waals surface area contributed by atoms with Gasteiger partial charge in [0.2, 0.25) is 11.8 Å². The lowest BCUT2D eigenvalue weighted by atomic mass is 10.0. The maximum Gasteiger partial charge on any atom is 0.227 e. The lowest BCUT2D eigenvalue weighted by Crippen LogP contribution is -2.13. The number of hydrogen-bond donors (Lipinski definition) is 0. The maximum absolute atomic E-state index is 6.78. The molecule has 0 unspecified atom stereocenters. The number of para-hydroxylation sites is 3. The summed E-state index contributed by atoms with van der Waals surface area (Å²) in [6.07, 6.45) is 0.758. The van der Waals surface area contributed by atoms with Gasteiger partial charge in [0, 0.05) is 39.8 Å². The van der Waals surface area contributed by atoms with Crippen molar-refractivity contribution in [2.24, 2.45) is 0 Å². The highest BCUT2D eigenvalue weighted by Gasteiger charge is 2.24. The molecule has 0 saturated carbocycles. The van der Waals surface area contributed by atoms with Gasteiger partial charge in [-0.15, -0.1) is 0 Å². The molecule has 0 aliphatic carbocycles. The van der Waals surface area contributed by atoms with Crippen molar-refractivity contribution in [3.05, 3.63) is 169 Å². The summed E-state index contributed by atoms with van der Waals surface area (Å²) in [5.74, 6) is 2.30. The normalized spacial score (nSPS) is 12.9. The van der Waals surface area contributed by atoms with Crippen molar-refractivity contribution < 1.29 is 9.15 Å². The number of aromatic nitrogens is 2. The fraction of sp³-hybridized carbons (Fsp3) is 0.0444. The van der Waals surface area contributed by atoms with Crippen LogP contribution in [0.5, 0.6) is 5.75 Å². The summed E-state index contributed by atoms with van der Waals surface area (Å²) < 4.78 is 15.4. The van der Waals surface area contributed by atoms with E-state index in [1.165, 1.54) is 21.5 Å². The molecule has 5 nitrogen and oxygen atoms in total. The Morgan fingerprint density at radius 3 is 2.14 bits per heavy atom. The zero-order chi connectivity index (χ0) is 33.2. The summed E-state index contributed by atoms with van der Waals surface area (Å²) in [4.78, 5) is 7.21. The van der Waals surface area contributed by atoms with Crippen molar-refractivity contribution >= 4 is 66.6 Å². The van der Waals surface area contributed by atoms with E-state index in [2.05, 4.69) is 144 Å². The number of nitrogens with zero attached hydrogens (tertiary/aromatic N) is 3. The Morgan fingerprint density at radius 2 is 1.34 bits per heavy atom. The van der Waals surface area contributed by atoms with Crippen LogP contribution >= 0.6 is 0 Å². The molecular weight excluding hydrogens is 615 g/mol. The Bertz CT molecular complexity index is 2740. The molecule has 0 saturated heterocycles. The van der Waals surface area contributed by atoms with Crippen molar-refractivity contribution in [1.29, 1.82) is 0 Å². The molecule has 0 radical (unpaired) electrons. The number of hydrogen-bond acceptors (Lipinski definition) is 4. The molecule has 0 spiro atoms. The highest BCUT2D eigenvalue weighted by atomic mass is 16.5. The van der Waals surface area contributed by atoms with Crippen LogP contribution < -0.4 is 9.64 Å². The Morgan fingerprint density at radius 1 is 0.620 bits per heavy atom. The molecule has 0 atom stereocenters. The molecule has 5 heteroatoms. The number of fused-ring (bicyclic) bond motifs is 7. The maximum atomic E-state index is 6.78. The average molecular weight is 646 g/mol. The minimum atomic E-state index is 0.590. The zero-order valence-electron chi connectivity index (χ0n) is 27.4. The monoisotopic (exact) mass is 645 g/mol. The minimum absolute atomic E-state index is 0.590. The SMILES string of the molecule is CC1=C(n2c3ccccc3c3c4ccccc4ccc32)Oc2ccc(-c3nc4cc(N(c5ccccc5)c5ccccc5)ccc4o3)cc2C1. The third-order valence-electron chi connectivity index (χ3n) is 9.76. The third kappa shape index (κ3) is 4.51. The first kappa shape index (κ1) is 28.4. The predicted octanol–water partition coefficient (Wildman–Crippen LogP) is 12.0. The average Bonchev–Trinajstić information content (AvgIpc) is 3.75. The van der Waals surface area contributed by atoms with Crippen LogP contribution in [-0.4, -0.2) is 9.55 Å². The largest absolute Gasteiger partial charge is 0.440 e. The van der Waals surface area contributed by atoms with Crippen molar-refractivity contribution in [3.8, 4) is 17.2 Å². The van der Waals surface area contributed by atoms with Crippen molar-refractivity contribution in [2.45, 2.75) is 13.3 Å². The fourth-order valence-electron chi connectivity index (χ4n) is 7.48. The van der Waals surface area contributed by atoms with E-state index in [0.29, 0.717) is 5.89 Å². The van der Waals surface area contributed by atoms with Gasteiger partial charge in [-0.3, -0.25) is 4.57 Å². The summed E-state index contributed by atoms with van der Waals surface area (Å²) in [6, 6.07) is 54.8. The molecular formula is C45H31N3O2. The van der Waals surface area contributed by atoms with Crippen LogP contribution in [0.15, 0.2) is 168 Å². The first-order chi connectivity index (χ1) is 24.7. The first-order valence-corrected chi connectivity index (χ1v) is 16.9. The van der Waals surface area contributed by atoms with Gasteiger partial charge in [0.25, 0.3) is 0 Å². The molecule has 0 N–H and O–H groups in total. The van der Waals surface area contributed by atoms with Crippen molar-refractivity contribution in [1.82, 2.24) is 9.55 Å². The van der Waals surface area contributed by atoms with Gasteiger partial charge in [0.05, 0.1) is 11.0 Å².